The van der Waals surface area contributed by atoms with E-state index >= 15 is 0 Å². The van der Waals surface area contributed by atoms with Gasteiger partial charge in [0, 0.05) is 13.1 Å². The highest BCUT2D eigenvalue weighted by Crippen LogP contribution is 2.19. The van der Waals surface area contributed by atoms with Gasteiger partial charge in [-0.25, -0.2) is 0 Å². The normalized spacial score (nSPS) is 20.1. The largest absolute Gasteiger partial charge is 0.369 e. The third-order valence-corrected chi connectivity index (χ3v) is 3.04. The van der Waals surface area contributed by atoms with E-state index in [1.165, 1.54) is 0 Å². The van der Waals surface area contributed by atoms with Crippen LogP contribution in [0.5, 0.6) is 0 Å². The molecule has 8 heteroatoms. The number of carbonyl (C=O) groups excluding carboxylic acids is 1. The summed E-state index contributed by atoms with van der Waals surface area (Å²) >= 11 is 0. The fraction of sp³-hybridized carbons (Fsp3) is 0.750. The molecule has 20 heavy (non-hydrogen) atoms. The highest BCUT2D eigenvalue weighted by atomic mass is 16.5. The van der Waals surface area contributed by atoms with Gasteiger partial charge in [0.25, 0.3) is 0 Å². The molecule has 1 aromatic rings. The molecule has 112 valence electrons. The predicted molar refractivity (Wildman–Crippen MR) is 70.6 cm³/mol. The van der Waals surface area contributed by atoms with Gasteiger partial charge in [0.15, 0.2) is 0 Å². The first kappa shape index (κ1) is 14.9. The Morgan fingerprint density at radius 2 is 2.45 bits per heavy atom. The topological polar surface area (TPSA) is 107 Å². The second-order valence-electron chi connectivity index (χ2n) is 4.78. The summed E-state index contributed by atoms with van der Waals surface area (Å²) in [5.74, 6) is 0.565. The highest BCUT2D eigenvalue weighted by Gasteiger charge is 2.25. The van der Waals surface area contributed by atoms with Crippen LogP contribution in [0.15, 0.2) is 4.52 Å². The first-order valence-electron chi connectivity index (χ1n) is 6.84. The number of rotatable bonds is 7. The molecule has 1 atom stereocenters. The number of primary amides is 1. The van der Waals surface area contributed by atoms with E-state index in [9.17, 15) is 4.79 Å². The van der Waals surface area contributed by atoms with Crippen molar-refractivity contribution in [2.75, 3.05) is 32.8 Å². The van der Waals surface area contributed by atoms with E-state index in [4.69, 9.17) is 15.0 Å². The van der Waals surface area contributed by atoms with Crippen LogP contribution in [0.1, 0.15) is 31.2 Å². The molecule has 2 heterocycles. The number of hydrogen-bond donors (Lipinski definition) is 2. The number of carbonyl (C=O) groups is 1. The standard InChI is InChI=1S/C12H21N5O3/c1-2-3-17-4-5-19-9(8-17)12-15-11(20-16-12)7-14-6-10(13)18/h9,14H,2-8H2,1H3,(H2,13,18). The fourth-order valence-electron chi connectivity index (χ4n) is 2.14. The van der Waals surface area contributed by atoms with Crippen LogP contribution in [-0.2, 0) is 16.1 Å². The number of nitrogens with one attached hydrogen (secondary N) is 1. The van der Waals surface area contributed by atoms with Crippen LogP contribution >= 0.6 is 0 Å². The summed E-state index contributed by atoms with van der Waals surface area (Å²) in [6.45, 7) is 6.00. The van der Waals surface area contributed by atoms with E-state index in [2.05, 4.69) is 27.3 Å². The minimum atomic E-state index is -0.421. The number of hydrogen-bond acceptors (Lipinski definition) is 7. The molecule has 1 aliphatic rings. The lowest BCUT2D eigenvalue weighted by Gasteiger charge is -2.30. The zero-order valence-corrected chi connectivity index (χ0v) is 11.7. The van der Waals surface area contributed by atoms with Gasteiger partial charge in [-0.15, -0.1) is 0 Å². The Morgan fingerprint density at radius 1 is 1.60 bits per heavy atom. The van der Waals surface area contributed by atoms with E-state index in [0.717, 1.165) is 26.1 Å². The van der Waals surface area contributed by atoms with Gasteiger partial charge in [-0.1, -0.05) is 12.1 Å². The lowest BCUT2D eigenvalue weighted by atomic mass is 10.2. The Balaban J connectivity index is 1.86. The second kappa shape index (κ2) is 7.32. The van der Waals surface area contributed by atoms with Crippen molar-refractivity contribution in [2.45, 2.75) is 26.0 Å². The smallest absolute Gasteiger partial charge is 0.240 e. The van der Waals surface area contributed by atoms with Gasteiger partial charge in [-0.2, -0.15) is 4.98 Å². The Hall–Kier alpha value is -1.51. The zero-order valence-electron chi connectivity index (χ0n) is 11.7. The molecule has 0 saturated carbocycles. The average molecular weight is 283 g/mol. The molecule has 0 spiro atoms. The molecule has 1 saturated heterocycles. The van der Waals surface area contributed by atoms with E-state index in [1.54, 1.807) is 0 Å². The third kappa shape index (κ3) is 4.26. The van der Waals surface area contributed by atoms with Crippen molar-refractivity contribution in [2.24, 2.45) is 5.73 Å². The molecule has 3 N–H and O–H groups in total. The van der Waals surface area contributed by atoms with Gasteiger partial charge >= 0.3 is 0 Å². The Bertz CT molecular complexity index is 434. The molecule has 0 aromatic carbocycles. The molecule has 1 unspecified atom stereocenters. The highest BCUT2D eigenvalue weighted by molar-refractivity contribution is 5.75. The van der Waals surface area contributed by atoms with E-state index < -0.39 is 5.91 Å². The first-order chi connectivity index (χ1) is 9.69. The molecule has 1 amide bonds. The summed E-state index contributed by atoms with van der Waals surface area (Å²) in [5.41, 5.74) is 5.03. The van der Waals surface area contributed by atoms with Crippen molar-refractivity contribution in [1.82, 2.24) is 20.4 Å². The Morgan fingerprint density at radius 3 is 3.20 bits per heavy atom. The zero-order chi connectivity index (χ0) is 14.4. The second-order valence-corrected chi connectivity index (χ2v) is 4.78. The molecule has 0 aliphatic carbocycles. The molecule has 1 aliphatic heterocycles. The van der Waals surface area contributed by atoms with Crippen molar-refractivity contribution in [3.05, 3.63) is 11.7 Å². The average Bonchev–Trinajstić information content (AvgIpc) is 2.88. The van der Waals surface area contributed by atoms with E-state index in [1.807, 2.05) is 0 Å². The molecule has 1 fully saturated rings. The number of ether oxygens (including phenoxy) is 1. The molecular formula is C12H21N5O3. The minimum absolute atomic E-state index is 0.0852. The predicted octanol–water partition coefficient (Wildman–Crippen LogP) is -0.572. The molecule has 1 aromatic heterocycles. The van der Waals surface area contributed by atoms with Crippen molar-refractivity contribution in [3.63, 3.8) is 0 Å². The quantitative estimate of drug-likeness (QED) is 0.690. The van der Waals surface area contributed by atoms with Crippen molar-refractivity contribution >= 4 is 5.91 Å². The summed E-state index contributed by atoms with van der Waals surface area (Å²) in [7, 11) is 0. The number of aromatic nitrogens is 2. The summed E-state index contributed by atoms with van der Waals surface area (Å²) in [6, 6.07) is 0. The van der Waals surface area contributed by atoms with Gasteiger partial charge in [0.2, 0.25) is 17.6 Å². The lowest BCUT2D eigenvalue weighted by molar-refractivity contribution is -0.117. The maximum Gasteiger partial charge on any atom is 0.240 e. The Labute approximate surface area is 117 Å². The monoisotopic (exact) mass is 283 g/mol. The van der Waals surface area contributed by atoms with Crippen LogP contribution in [0.2, 0.25) is 0 Å². The fourth-order valence-corrected chi connectivity index (χ4v) is 2.14. The minimum Gasteiger partial charge on any atom is -0.369 e. The van der Waals surface area contributed by atoms with Gasteiger partial charge < -0.3 is 15.0 Å². The molecule has 8 nitrogen and oxygen atoms in total. The van der Waals surface area contributed by atoms with Crippen LogP contribution in [0.25, 0.3) is 0 Å². The van der Waals surface area contributed by atoms with Crippen molar-refractivity contribution in [1.29, 1.82) is 0 Å². The van der Waals surface area contributed by atoms with Crippen LogP contribution < -0.4 is 11.1 Å². The molecule has 0 bridgehead atoms. The van der Waals surface area contributed by atoms with Crippen molar-refractivity contribution < 1.29 is 14.1 Å². The molecular weight excluding hydrogens is 262 g/mol. The number of amides is 1. The summed E-state index contributed by atoms with van der Waals surface area (Å²) < 4.78 is 10.8. The molecule has 2 rings (SSSR count). The number of nitrogens with two attached hydrogens (primary N) is 1. The van der Waals surface area contributed by atoms with E-state index in [0.29, 0.717) is 24.9 Å². The van der Waals surface area contributed by atoms with Crippen LogP contribution in [0, 0.1) is 0 Å². The summed E-state index contributed by atoms with van der Waals surface area (Å²) in [4.78, 5) is 17.2. The van der Waals surface area contributed by atoms with Crippen molar-refractivity contribution in [3.8, 4) is 0 Å². The molecule has 0 radical (unpaired) electrons. The van der Waals surface area contributed by atoms with Gasteiger partial charge in [0.05, 0.1) is 19.7 Å². The van der Waals surface area contributed by atoms with Crippen LogP contribution in [0.3, 0.4) is 0 Å². The SMILES string of the molecule is CCCN1CCOC(c2noc(CNCC(N)=O)n2)C1. The lowest BCUT2D eigenvalue weighted by Crippen LogP contribution is -2.39. The van der Waals surface area contributed by atoms with Crippen LogP contribution in [-0.4, -0.2) is 53.7 Å². The van der Waals surface area contributed by atoms with Gasteiger partial charge in [-0.3, -0.25) is 15.0 Å². The third-order valence-electron chi connectivity index (χ3n) is 3.04. The summed E-state index contributed by atoms with van der Waals surface area (Å²) in [5, 5.41) is 6.76. The Kier molecular flexibility index (Phi) is 5.45. The van der Waals surface area contributed by atoms with E-state index in [-0.39, 0.29) is 12.6 Å². The maximum atomic E-state index is 10.6. The van der Waals surface area contributed by atoms with Gasteiger partial charge in [0.1, 0.15) is 6.10 Å². The first-order valence-corrected chi connectivity index (χ1v) is 6.84. The van der Waals surface area contributed by atoms with Crippen LogP contribution in [0.4, 0.5) is 0 Å². The maximum absolute atomic E-state index is 10.6. The number of morpholine rings is 1. The summed E-state index contributed by atoms with van der Waals surface area (Å²) in [6.07, 6.45) is 0.963. The number of nitrogens with zero attached hydrogens (tertiary/aromatic N) is 3. The van der Waals surface area contributed by atoms with Gasteiger partial charge in [-0.05, 0) is 13.0 Å².